The first-order valence-corrected chi connectivity index (χ1v) is 11.2. The van der Waals surface area contributed by atoms with E-state index in [1.165, 1.54) is 4.73 Å². The fourth-order valence-corrected chi connectivity index (χ4v) is 4.04. The number of amides is 1. The molecule has 2 aromatic carbocycles. The summed E-state index contributed by atoms with van der Waals surface area (Å²) in [6.07, 6.45) is 2.24. The molecule has 0 bridgehead atoms. The van der Waals surface area contributed by atoms with Gasteiger partial charge in [-0.05, 0) is 54.8 Å². The third-order valence-electron chi connectivity index (χ3n) is 5.83. The number of aromatic nitrogens is 4. The third-order valence-corrected chi connectivity index (χ3v) is 5.83. The maximum atomic E-state index is 12.3. The van der Waals surface area contributed by atoms with Gasteiger partial charge in [0.1, 0.15) is 18.4 Å². The summed E-state index contributed by atoms with van der Waals surface area (Å²) >= 11 is 0. The maximum Gasteiger partial charge on any atom is 0.388 e. The van der Waals surface area contributed by atoms with Gasteiger partial charge < -0.3 is 20.4 Å². The van der Waals surface area contributed by atoms with Gasteiger partial charge in [0, 0.05) is 12.0 Å². The highest BCUT2D eigenvalue weighted by Crippen LogP contribution is 2.33. The number of aryl methyl sites for hydroxylation is 1. The summed E-state index contributed by atoms with van der Waals surface area (Å²) in [7, 11) is 0. The van der Waals surface area contributed by atoms with E-state index in [1.807, 2.05) is 56.3 Å². The number of nitrogens with two attached hydrogens (primary N) is 1. The second-order valence-corrected chi connectivity index (χ2v) is 8.86. The van der Waals surface area contributed by atoms with Gasteiger partial charge in [0.2, 0.25) is 5.82 Å². The lowest BCUT2D eigenvalue weighted by molar-refractivity contribution is -0.870. The van der Waals surface area contributed by atoms with Crippen LogP contribution in [0.5, 0.6) is 0 Å². The number of benzene rings is 2. The van der Waals surface area contributed by atoms with Crippen LogP contribution in [0.3, 0.4) is 0 Å². The molecule has 1 aliphatic heterocycles. The van der Waals surface area contributed by atoms with Crippen molar-refractivity contribution in [3.63, 3.8) is 0 Å². The van der Waals surface area contributed by atoms with Crippen LogP contribution in [0.4, 0.5) is 17.5 Å². The minimum atomic E-state index is -0.474. The number of nitrogens with zero attached hydrogens (tertiary/aromatic N) is 4. The summed E-state index contributed by atoms with van der Waals surface area (Å²) in [5.74, 6) is 1.28. The molecule has 0 aliphatic carbocycles. The van der Waals surface area contributed by atoms with E-state index >= 15 is 0 Å². The van der Waals surface area contributed by atoms with Crippen LogP contribution in [0.1, 0.15) is 41.2 Å². The van der Waals surface area contributed by atoms with Crippen LogP contribution in [0, 0.1) is 6.92 Å². The van der Waals surface area contributed by atoms with Crippen LogP contribution in [-0.2, 0) is 12.0 Å². The van der Waals surface area contributed by atoms with Crippen molar-refractivity contribution < 1.29 is 18.9 Å². The summed E-state index contributed by atoms with van der Waals surface area (Å²) in [5.41, 5.74) is 9.90. The van der Waals surface area contributed by atoms with Gasteiger partial charge in [-0.1, -0.05) is 35.5 Å². The molecule has 0 spiro atoms. The molecule has 0 saturated carbocycles. The fourth-order valence-electron chi connectivity index (χ4n) is 4.04. The molecule has 1 amide bonds. The first-order chi connectivity index (χ1) is 16.8. The molecular weight excluding hydrogens is 446 g/mol. The van der Waals surface area contributed by atoms with Gasteiger partial charge in [-0.2, -0.15) is 4.98 Å². The van der Waals surface area contributed by atoms with Gasteiger partial charge >= 0.3 is 5.95 Å². The zero-order valence-corrected chi connectivity index (χ0v) is 19.7. The van der Waals surface area contributed by atoms with Crippen molar-refractivity contribution >= 4 is 23.4 Å². The minimum absolute atomic E-state index is 0.0857. The summed E-state index contributed by atoms with van der Waals surface area (Å²) in [6, 6.07) is 15.6. The van der Waals surface area contributed by atoms with Gasteiger partial charge in [-0.15, -0.1) is 4.98 Å². The zero-order valence-electron chi connectivity index (χ0n) is 19.7. The zero-order chi connectivity index (χ0) is 24.6. The first-order valence-electron chi connectivity index (χ1n) is 11.2. The number of rotatable bonds is 7. The molecule has 10 heteroatoms. The quantitative estimate of drug-likeness (QED) is 0.350. The smallest absolute Gasteiger partial charge is 0.367 e. The van der Waals surface area contributed by atoms with E-state index in [-0.39, 0.29) is 17.6 Å². The number of anilines is 3. The van der Waals surface area contributed by atoms with Crippen LogP contribution in [0.25, 0.3) is 11.5 Å². The Balaban J connectivity index is 1.47. The summed E-state index contributed by atoms with van der Waals surface area (Å²) in [5, 5.41) is 10.1. The topological polar surface area (TPSA) is 132 Å². The molecule has 0 atom stereocenters. The highest BCUT2D eigenvalue weighted by molar-refractivity contribution is 6.00. The van der Waals surface area contributed by atoms with Gasteiger partial charge in [0.25, 0.3) is 11.8 Å². The average Bonchev–Trinajstić information content (AvgIpc) is 3.36. The van der Waals surface area contributed by atoms with E-state index in [1.54, 1.807) is 19.2 Å². The largest absolute Gasteiger partial charge is 0.388 e. The van der Waals surface area contributed by atoms with Gasteiger partial charge in [0.05, 0.1) is 11.2 Å². The van der Waals surface area contributed by atoms with E-state index in [4.69, 9.17) is 15.1 Å². The molecule has 35 heavy (non-hydrogen) atoms. The van der Waals surface area contributed by atoms with Crippen molar-refractivity contribution in [1.29, 1.82) is 0 Å². The highest BCUT2D eigenvalue weighted by atomic mass is 16.7. The Labute approximate surface area is 202 Å². The van der Waals surface area contributed by atoms with Crippen molar-refractivity contribution in [2.75, 3.05) is 17.7 Å². The Morgan fingerprint density at radius 3 is 2.71 bits per heavy atom. The lowest BCUT2D eigenvalue weighted by Crippen LogP contribution is -2.49. The Bertz CT molecular complexity index is 1400. The van der Waals surface area contributed by atoms with E-state index in [2.05, 4.69) is 25.8 Å². The first kappa shape index (κ1) is 22.3. The molecule has 10 nitrogen and oxygen atoms in total. The molecule has 2 aromatic heterocycles. The molecule has 0 fully saturated rings. The van der Waals surface area contributed by atoms with Gasteiger partial charge in [-0.25, -0.2) is 0 Å². The predicted molar refractivity (Wildman–Crippen MR) is 129 cm³/mol. The molecule has 3 heterocycles. The highest BCUT2D eigenvalue weighted by Gasteiger charge is 2.35. The third kappa shape index (κ3) is 4.37. The number of fused-ring (bicyclic) bond motifs is 1. The second kappa shape index (κ2) is 8.71. The Kier molecular flexibility index (Phi) is 5.56. The van der Waals surface area contributed by atoms with Crippen molar-refractivity contribution in [3.8, 4) is 11.5 Å². The van der Waals surface area contributed by atoms with Crippen LogP contribution in [0.2, 0.25) is 0 Å². The van der Waals surface area contributed by atoms with Crippen molar-refractivity contribution in [1.82, 2.24) is 20.4 Å². The predicted octanol–water partition coefficient (Wildman–Crippen LogP) is 2.70. The Morgan fingerprint density at radius 2 is 1.97 bits per heavy atom. The molecular formula is C25H26N7O3+. The van der Waals surface area contributed by atoms with Crippen LogP contribution >= 0.6 is 0 Å². The van der Waals surface area contributed by atoms with E-state index in [0.29, 0.717) is 35.9 Å². The normalized spacial score (nSPS) is 13.9. The SMILES string of the molecule is Cc1noc(-c2cnc(Nc3ccc4c(c3)C(C)(C)NC4=O)[n+](OCCc3ccccc3)c2N)n1. The van der Waals surface area contributed by atoms with E-state index in [0.717, 1.165) is 16.8 Å². The molecule has 178 valence electrons. The van der Waals surface area contributed by atoms with Gasteiger partial charge in [0.15, 0.2) is 5.82 Å². The van der Waals surface area contributed by atoms with Crippen LogP contribution in [0.15, 0.2) is 59.3 Å². The van der Waals surface area contributed by atoms with Crippen molar-refractivity contribution in [2.24, 2.45) is 0 Å². The number of carbonyl (C=O) groups is 1. The second-order valence-electron chi connectivity index (χ2n) is 8.86. The number of carbonyl (C=O) groups excluding carboxylic acids is 1. The number of nitrogens with one attached hydrogen (secondary N) is 2. The summed E-state index contributed by atoms with van der Waals surface area (Å²) < 4.78 is 6.72. The number of nitrogen functional groups attached to an aromatic ring is 1. The lowest BCUT2D eigenvalue weighted by Gasteiger charge is -2.19. The van der Waals surface area contributed by atoms with Crippen LogP contribution in [-0.4, -0.2) is 27.6 Å². The van der Waals surface area contributed by atoms with Crippen LogP contribution < -0.4 is 25.9 Å². The molecule has 1 aliphatic rings. The number of hydrogen-bond donors (Lipinski definition) is 3. The van der Waals surface area contributed by atoms with E-state index < -0.39 is 5.54 Å². The molecule has 4 aromatic rings. The minimum Gasteiger partial charge on any atom is -0.367 e. The van der Waals surface area contributed by atoms with Crippen molar-refractivity contribution in [3.05, 3.63) is 77.2 Å². The maximum absolute atomic E-state index is 12.3. The summed E-state index contributed by atoms with van der Waals surface area (Å²) in [6.45, 7) is 6.01. The Morgan fingerprint density at radius 1 is 1.17 bits per heavy atom. The fraction of sp³-hybridized carbons (Fsp3) is 0.240. The standard InChI is InChI=1S/C25H25N7O3/c1-15-28-23(35-31-15)19-14-27-24(32(21(19)26)34-12-11-16-7-5-4-6-8-16)29-17-9-10-18-20(13-17)25(2,3)30-22(18)33/h4-10,13-14H,11-12H2,1-3H3,(H3,26,27,28,29,30,31,33)/p+1. The Hall–Kier alpha value is -4.47. The molecule has 5 rings (SSSR count). The molecule has 0 saturated heterocycles. The molecule has 0 radical (unpaired) electrons. The van der Waals surface area contributed by atoms with Gasteiger partial charge in [-0.3, -0.25) is 10.1 Å². The number of hydrogen-bond acceptors (Lipinski definition) is 8. The van der Waals surface area contributed by atoms with Crippen molar-refractivity contribution in [2.45, 2.75) is 32.7 Å². The van der Waals surface area contributed by atoms with E-state index in [9.17, 15) is 4.79 Å². The molecule has 0 unspecified atom stereocenters. The lowest BCUT2D eigenvalue weighted by atomic mass is 9.94. The monoisotopic (exact) mass is 472 g/mol. The molecule has 4 N–H and O–H groups in total. The summed E-state index contributed by atoms with van der Waals surface area (Å²) in [4.78, 5) is 27.1. The average molecular weight is 473 g/mol.